The standard InChI is InChI=1S/C19H24N2O2/c1-13-17(19(22)21-15-7-5-3-4-6-8-15)11-14-9-10-16(23-2)12-18(14)20-13/h9-12,15H,3-8H2,1-2H3,(H,21,22). The Morgan fingerprint density at radius 2 is 1.91 bits per heavy atom. The van der Waals surface area contributed by atoms with Gasteiger partial charge in [0.25, 0.3) is 5.91 Å². The number of nitrogens with one attached hydrogen (secondary N) is 1. The van der Waals surface area contributed by atoms with Gasteiger partial charge in [-0.25, -0.2) is 0 Å². The van der Waals surface area contributed by atoms with Gasteiger partial charge in [0.2, 0.25) is 0 Å². The van der Waals surface area contributed by atoms with Crippen molar-refractivity contribution in [3.8, 4) is 5.75 Å². The van der Waals surface area contributed by atoms with E-state index in [9.17, 15) is 4.79 Å². The van der Waals surface area contributed by atoms with E-state index >= 15 is 0 Å². The quantitative estimate of drug-likeness (QED) is 0.871. The summed E-state index contributed by atoms with van der Waals surface area (Å²) in [6.45, 7) is 1.89. The summed E-state index contributed by atoms with van der Waals surface area (Å²) in [5.74, 6) is 0.777. The second-order valence-electron chi connectivity index (χ2n) is 6.34. The van der Waals surface area contributed by atoms with Crippen LogP contribution in [0.5, 0.6) is 5.75 Å². The number of aryl methyl sites for hydroxylation is 1. The molecule has 1 saturated carbocycles. The van der Waals surface area contributed by atoms with E-state index in [2.05, 4.69) is 10.3 Å². The number of carbonyl (C=O) groups excluding carboxylic acids is 1. The first kappa shape index (κ1) is 15.8. The predicted octanol–water partition coefficient (Wildman–Crippen LogP) is 4.00. The van der Waals surface area contributed by atoms with Crippen molar-refractivity contribution in [2.24, 2.45) is 0 Å². The summed E-state index contributed by atoms with van der Waals surface area (Å²) in [5, 5.41) is 4.16. The van der Waals surface area contributed by atoms with Crippen LogP contribution >= 0.6 is 0 Å². The largest absolute Gasteiger partial charge is 0.497 e. The zero-order valence-electron chi connectivity index (χ0n) is 13.9. The molecule has 0 bridgehead atoms. The van der Waals surface area contributed by atoms with Gasteiger partial charge < -0.3 is 10.1 Å². The Morgan fingerprint density at radius 1 is 1.17 bits per heavy atom. The molecule has 0 unspecified atom stereocenters. The van der Waals surface area contributed by atoms with Gasteiger partial charge in [0.1, 0.15) is 5.75 Å². The van der Waals surface area contributed by atoms with E-state index in [4.69, 9.17) is 4.74 Å². The van der Waals surface area contributed by atoms with Crippen molar-refractivity contribution < 1.29 is 9.53 Å². The Kier molecular flexibility index (Phi) is 4.79. The Balaban J connectivity index is 1.83. The highest BCUT2D eigenvalue weighted by Crippen LogP contribution is 2.22. The number of carbonyl (C=O) groups is 1. The van der Waals surface area contributed by atoms with Gasteiger partial charge in [-0.3, -0.25) is 9.78 Å². The summed E-state index contributed by atoms with van der Waals surface area (Å²) in [6.07, 6.45) is 7.15. The maximum absolute atomic E-state index is 12.6. The van der Waals surface area contributed by atoms with E-state index in [-0.39, 0.29) is 5.91 Å². The fourth-order valence-corrected chi connectivity index (χ4v) is 3.29. The minimum atomic E-state index is -0.000354. The average molecular weight is 312 g/mol. The maximum atomic E-state index is 12.6. The lowest BCUT2D eigenvalue weighted by atomic mass is 10.1. The van der Waals surface area contributed by atoms with Crippen LogP contribution in [0.4, 0.5) is 0 Å². The minimum absolute atomic E-state index is 0.000354. The lowest BCUT2D eigenvalue weighted by molar-refractivity contribution is 0.0932. The van der Waals surface area contributed by atoms with Crippen LogP contribution in [0.3, 0.4) is 0 Å². The molecule has 122 valence electrons. The van der Waals surface area contributed by atoms with Crippen LogP contribution in [0.2, 0.25) is 0 Å². The molecule has 1 aliphatic rings. The Bertz CT molecular complexity index is 704. The molecule has 1 aliphatic carbocycles. The Labute approximate surface area is 137 Å². The SMILES string of the molecule is COc1ccc2cc(C(=O)NC3CCCCCC3)c(C)nc2c1. The summed E-state index contributed by atoms with van der Waals surface area (Å²) in [6, 6.07) is 7.98. The third-order valence-corrected chi connectivity index (χ3v) is 4.65. The van der Waals surface area contributed by atoms with Crippen molar-refractivity contribution in [3.05, 3.63) is 35.5 Å². The number of rotatable bonds is 3. The van der Waals surface area contributed by atoms with Gasteiger partial charge >= 0.3 is 0 Å². The molecule has 4 nitrogen and oxygen atoms in total. The smallest absolute Gasteiger partial charge is 0.253 e. The second kappa shape index (κ2) is 6.99. The molecule has 0 saturated heterocycles. The lowest BCUT2D eigenvalue weighted by Gasteiger charge is -2.17. The van der Waals surface area contributed by atoms with Gasteiger partial charge in [0.05, 0.1) is 23.9 Å². The van der Waals surface area contributed by atoms with E-state index in [1.807, 2.05) is 31.2 Å². The monoisotopic (exact) mass is 312 g/mol. The molecular weight excluding hydrogens is 288 g/mol. The van der Waals surface area contributed by atoms with Crippen molar-refractivity contribution in [2.75, 3.05) is 7.11 Å². The van der Waals surface area contributed by atoms with Gasteiger partial charge in [-0.05, 0) is 38.0 Å². The van der Waals surface area contributed by atoms with E-state index in [0.29, 0.717) is 11.6 Å². The van der Waals surface area contributed by atoms with Crippen LogP contribution in [-0.2, 0) is 0 Å². The van der Waals surface area contributed by atoms with Gasteiger partial charge in [0, 0.05) is 17.5 Å². The lowest BCUT2D eigenvalue weighted by Crippen LogP contribution is -2.34. The van der Waals surface area contributed by atoms with E-state index in [1.54, 1.807) is 7.11 Å². The molecule has 1 fully saturated rings. The number of methoxy groups -OCH3 is 1. The van der Waals surface area contributed by atoms with Crippen LogP contribution in [0.15, 0.2) is 24.3 Å². The zero-order valence-corrected chi connectivity index (χ0v) is 13.9. The maximum Gasteiger partial charge on any atom is 0.253 e. The number of benzene rings is 1. The third-order valence-electron chi connectivity index (χ3n) is 4.65. The van der Waals surface area contributed by atoms with Crippen LogP contribution in [0, 0.1) is 6.92 Å². The summed E-state index contributed by atoms with van der Waals surface area (Å²) in [7, 11) is 1.64. The number of amides is 1. The minimum Gasteiger partial charge on any atom is -0.497 e. The number of hydrogen-bond acceptors (Lipinski definition) is 3. The second-order valence-corrected chi connectivity index (χ2v) is 6.34. The fraction of sp³-hybridized carbons (Fsp3) is 0.474. The molecule has 2 aromatic rings. The molecule has 1 heterocycles. The van der Waals surface area contributed by atoms with Crippen LogP contribution in [0.25, 0.3) is 10.9 Å². The van der Waals surface area contributed by atoms with Gasteiger partial charge in [-0.15, -0.1) is 0 Å². The van der Waals surface area contributed by atoms with E-state index < -0.39 is 0 Å². The molecule has 0 radical (unpaired) electrons. The van der Waals surface area contributed by atoms with Crippen LogP contribution in [-0.4, -0.2) is 24.0 Å². The first-order valence-corrected chi connectivity index (χ1v) is 8.43. The molecule has 4 heteroatoms. The summed E-state index contributed by atoms with van der Waals surface area (Å²) in [4.78, 5) is 17.2. The van der Waals surface area contributed by atoms with Gasteiger partial charge in [-0.1, -0.05) is 25.7 Å². The molecule has 0 atom stereocenters. The van der Waals surface area contributed by atoms with Crippen LogP contribution in [0.1, 0.15) is 54.6 Å². The van der Waals surface area contributed by atoms with Crippen LogP contribution < -0.4 is 10.1 Å². The van der Waals surface area contributed by atoms with Crippen molar-refractivity contribution in [1.29, 1.82) is 0 Å². The molecule has 23 heavy (non-hydrogen) atoms. The zero-order chi connectivity index (χ0) is 16.2. The normalized spacial score (nSPS) is 16.1. The molecular formula is C19H24N2O2. The summed E-state index contributed by atoms with van der Waals surface area (Å²) < 4.78 is 5.23. The van der Waals surface area contributed by atoms with Crippen molar-refractivity contribution in [3.63, 3.8) is 0 Å². The molecule has 1 aromatic heterocycles. The number of nitrogens with zero attached hydrogens (tertiary/aromatic N) is 1. The number of fused-ring (bicyclic) bond motifs is 1. The number of aromatic nitrogens is 1. The predicted molar refractivity (Wildman–Crippen MR) is 92.0 cm³/mol. The van der Waals surface area contributed by atoms with Crippen molar-refractivity contribution in [1.82, 2.24) is 10.3 Å². The first-order chi connectivity index (χ1) is 11.2. The third kappa shape index (κ3) is 3.63. The van der Waals surface area contributed by atoms with E-state index in [0.717, 1.165) is 35.2 Å². The molecule has 3 rings (SSSR count). The highest BCUT2D eigenvalue weighted by molar-refractivity contribution is 5.98. The average Bonchev–Trinajstić information content (AvgIpc) is 2.82. The highest BCUT2D eigenvalue weighted by Gasteiger charge is 2.18. The van der Waals surface area contributed by atoms with E-state index in [1.165, 1.54) is 25.7 Å². The highest BCUT2D eigenvalue weighted by atomic mass is 16.5. The molecule has 1 amide bonds. The Morgan fingerprint density at radius 3 is 2.61 bits per heavy atom. The summed E-state index contributed by atoms with van der Waals surface area (Å²) in [5.41, 5.74) is 2.29. The van der Waals surface area contributed by atoms with Gasteiger partial charge in [0.15, 0.2) is 0 Å². The number of hydrogen-bond donors (Lipinski definition) is 1. The summed E-state index contributed by atoms with van der Waals surface area (Å²) >= 11 is 0. The molecule has 0 aliphatic heterocycles. The van der Waals surface area contributed by atoms with Crippen molar-refractivity contribution >= 4 is 16.8 Å². The topological polar surface area (TPSA) is 51.2 Å². The molecule has 1 aromatic carbocycles. The molecule has 1 N–H and O–H groups in total. The fourth-order valence-electron chi connectivity index (χ4n) is 3.29. The molecule has 0 spiro atoms. The number of ether oxygens (including phenoxy) is 1. The first-order valence-electron chi connectivity index (χ1n) is 8.43. The Hall–Kier alpha value is -2.10. The van der Waals surface area contributed by atoms with Gasteiger partial charge in [-0.2, -0.15) is 0 Å². The number of pyridine rings is 1. The van der Waals surface area contributed by atoms with Crippen molar-refractivity contribution in [2.45, 2.75) is 51.5 Å².